The maximum absolute atomic E-state index is 11.0. The summed E-state index contributed by atoms with van der Waals surface area (Å²) in [4.78, 5) is 17.2. The van der Waals surface area contributed by atoms with Gasteiger partial charge in [-0.3, -0.25) is 9.20 Å². The summed E-state index contributed by atoms with van der Waals surface area (Å²) in [6, 6.07) is 1.97. The highest BCUT2D eigenvalue weighted by Gasteiger charge is 2.15. The van der Waals surface area contributed by atoms with Crippen molar-refractivity contribution in [3.8, 4) is 11.3 Å². The second-order valence-electron chi connectivity index (χ2n) is 3.42. The molecule has 3 rings (SSSR count). The minimum Gasteiger partial charge on any atom is -0.297 e. The van der Waals surface area contributed by atoms with Gasteiger partial charge in [0.2, 0.25) is 0 Å². The molecule has 0 aromatic carbocycles. The molecular weight excluding hydrogens is 240 g/mol. The van der Waals surface area contributed by atoms with Gasteiger partial charge in [0.05, 0.1) is 16.3 Å². The monoisotopic (exact) mass is 248 g/mol. The highest BCUT2D eigenvalue weighted by Crippen LogP contribution is 2.31. The van der Waals surface area contributed by atoms with Gasteiger partial charge in [-0.2, -0.15) is 0 Å². The zero-order valence-electron chi connectivity index (χ0n) is 8.51. The minimum absolute atomic E-state index is 0.760. The Labute approximate surface area is 100.0 Å². The van der Waals surface area contributed by atoms with Crippen LogP contribution in [0.1, 0.15) is 15.4 Å². The number of aromatic nitrogens is 2. The maximum Gasteiger partial charge on any atom is 0.194 e. The number of nitrogens with zero attached hydrogens (tertiary/aromatic N) is 2. The molecule has 80 valence electrons. The van der Waals surface area contributed by atoms with Crippen LogP contribution in [0.4, 0.5) is 0 Å². The van der Waals surface area contributed by atoms with Crippen LogP contribution in [0.5, 0.6) is 0 Å². The van der Waals surface area contributed by atoms with Crippen LogP contribution in [0.25, 0.3) is 16.2 Å². The highest BCUT2D eigenvalue weighted by atomic mass is 32.1. The molecule has 3 heterocycles. The third-order valence-corrected chi connectivity index (χ3v) is 4.09. The summed E-state index contributed by atoms with van der Waals surface area (Å²) in [6.45, 7) is 1.97. The molecule has 0 radical (unpaired) electrons. The van der Waals surface area contributed by atoms with Crippen LogP contribution in [0.2, 0.25) is 0 Å². The molecule has 0 amide bonds. The number of aldehydes is 1. The standard InChI is InChI=1S/C11H8N2OS2/c1-7-10(8-2-4-15-9(8)6-14)13-3-5-16-11(13)12-7/h2-6H,1H3. The lowest BCUT2D eigenvalue weighted by Gasteiger charge is -1.98. The fourth-order valence-electron chi connectivity index (χ4n) is 1.83. The summed E-state index contributed by atoms with van der Waals surface area (Å²) >= 11 is 3.06. The first kappa shape index (κ1) is 9.74. The van der Waals surface area contributed by atoms with Gasteiger partial charge in [0.15, 0.2) is 11.2 Å². The van der Waals surface area contributed by atoms with Gasteiger partial charge < -0.3 is 0 Å². The highest BCUT2D eigenvalue weighted by molar-refractivity contribution is 7.15. The SMILES string of the molecule is Cc1nc2sccn2c1-c1ccsc1C=O. The quantitative estimate of drug-likeness (QED) is 0.652. The number of fused-ring (bicyclic) bond motifs is 1. The van der Waals surface area contributed by atoms with Gasteiger partial charge in [-0.1, -0.05) is 0 Å². The van der Waals surface area contributed by atoms with Crippen LogP contribution in [0.15, 0.2) is 23.0 Å². The van der Waals surface area contributed by atoms with Gasteiger partial charge in [0.25, 0.3) is 0 Å². The Balaban J connectivity index is 2.36. The third kappa shape index (κ3) is 1.25. The van der Waals surface area contributed by atoms with E-state index in [1.807, 2.05) is 34.3 Å². The first-order chi connectivity index (χ1) is 7.81. The molecule has 3 nitrogen and oxygen atoms in total. The van der Waals surface area contributed by atoms with Crippen LogP contribution in [0, 0.1) is 6.92 Å². The lowest BCUT2D eigenvalue weighted by Crippen LogP contribution is -1.87. The van der Waals surface area contributed by atoms with Crippen LogP contribution < -0.4 is 0 Å². The van der Waals surface area contributed by atoms with E-state index in [2.05, 4.69) is 4.98 Å². The average Bonchev–Trinajstić information content (AvgIpc) is 2.91. The van der Waals surface area contributed by atoms with E-state index in [4.69, 9.17) is 0 Å². The fraction of sp³-hybridized carbons (Fsp3) is 0.0909. The summed E-state index contributed by atoms with van der Waals surface area (Å²) in [5, 5.41) is 3.93. The molecule has 0 unspecified atom stereocenters. The van der Waals surface area contributed by atoms with Gasteiger partial charge in [-0.05, 0) is 18.4 Å². The van der Waals surface area contributed by atoms with Crippen molar-refractivity contribution in [1.82, 2.24) is 9.38 Å². The molecule has 0 aliphatic heterocycles. The van der Waals surface area contributed by atoms with E-state index in [9.17, 15) is 4.79 Å². The largest absolute Gasteiger partial charge is 0.297 e. The van der Waals surface area contributed by atoms with E-state index in [0.717, 1.165) is 33.1 Å². The number of rotatable bonds is 2. The predicted molar refractivity (Wildman–Crippen MR) is 66.5 cm³/mol. The lowest BCUT2D eigenvalue weighted by atomic mass is 10.1. The van der Waals surface area contributed by atoms with E-state index in [1.165, 1.54) is 11.3 Å². The molecule has 5 heteroatoms. The van der Waals surface area contributed by atoms with Gasteiger partial charge in [-0.15, -0.1) is 22.7 Å². The first-order valence-corrected chi connectivity index (χ1v) is 6.52. The summed E-state index contributed by atoms with van der Waals surface area (Å²) in [5.41, 5.74) is 2.97. The number of aryl methyl sites for hydroxylation is 1. The average molecular weight is 248 g/mol. The Hall–Kier alpha value is -1.46. The summed E-state index contributed by atoms with van der Waals surface area (Å²) in [7, 11) is 0. The van der Waals surface area contributed by atoms with Gasteiger partial charge >= 0.3 is 0 Å². The molecule has 0 fully saturated rings. The Morgan fingerprint density at radius 1 is 1.38 bits per heavy atom. The first-order valence-electron chi connectivity index (χ1n) is 4.76. The number of thiophene rings is 1. The molecule has 16 heavy (non-hydrogen) atoms. The number of carbonyl (C=O) groups is 1. The topological polar surface area (TPSA) is 34.4 Å². The third-order valence-electron chi connectivity index (χ3n) is 2.49. The molecule has 0 aliphatic carbocycles. The molecule has 3 aromatic rings. The van der Waals surface area contributed by atoms with Crippen molar-refractivity contribution in [3.63, 3.8) is 0 Å². The molecular formula is C11H8N2OS2. The van der Waals surface area contributed by atoms with Crippen molar-refractivity contribution in [3.05, 3.63) is 33.6 Å². The molecule has 0 spiro atoms. The van der Waals surface area contributed by atoms with Gasteiger partial charge in [0, 0.05) is 17.1 Å². The Kier molecular flexibility index (Phi) is 2.15. The lowest BCUT2D eigenvalue weighted by molar-refractivity contribution is 0.112. The van der Waals surface area contributed by atoms with Crippen molar-refractivity contribution in [2.45, 2.75) is 6.92 Å². The Morgan fingerprint density at radius 3 is 3.06 bits per heavy atom. The molecule has 0 saturated heterocycles. The number of hydrogen-bond donors (Lipinski definition) is 0. The van der Waals surface area contributed by atoms with Crippen LogP contribution >= 0.6 is 22.7 Å². The van der Waals surface area contributed by atoms with Crippen LogP contribution in [-0.4, -0.2) is 15.7 Å². The molecule has 0 aliphatic rings. The molecule has 0 N–H and O–H groups in total. The van der Waals surface area contributed by atoms with Crippen molar-refractivity contribution in [1.29, 1.82) is 0 Å². The number of imidazole rings is 1. The van der Waals surface area contributed by atoms with Gasteiger partial charge in [-0.25, -0.2) is 4.98 Å². The molecule has 0 saturated carbocycles. The minimum atomic E-state index is 0.760. The second kappa shape index (κ2) is 3.54. The van der Waals surface area contributed by atoms with Crippen LogP contribution in [-0.2, 0) is 0 Å². The van der Waals surface area contributed by atoms with E-state index in [1.54, 1.807) is 11.3 Å². The van der Waals surface area contributed by atoms with E-state index >= 15 is 0 Å². The van der Waals surface area contributed by atoms with Crippen molar-refractivity contribution in [2.24, 2.45) is 0 Å². The van der Waals surface area contributed by atoms with E-state index in [-0.39, 0.29) is 0 Å². The van der Waals surface area contributed by atoms with E-state index < -0.39 is 0 Å². The zero-order chi connectivity index (χ0) is 11.1. The smallest absolute Gasteiger partial charge is 0.194 e. The van der Waals surface area contributed by atoms with Gasteiger partial charge in [0.1, 0.15) is 0 Å². The maximum atomic E-state index is 11.0. The number of carbonyl (C=O) groups excluding carboxylic acids is 1. The number of hydrogen-bond acceptors (Lipinski definition) is 4. The van der Waals surface area contributed by atoms with Crippen molar-refractivity contribution < 1.29 is 4.79 Å². The Bertz CT molecular complexity index is 662. The predicted octanol–water partition coefficient (Wildman–Crippen LogP) is 3.25. The summed E-state index contributed by atoms with van der Waals surface area (Å²) in [6.07, 6.45) is 2.90. The zero-order valence-corrected chi connectivity index (χ0v) is 10.1. The summed E-state index contributed by atoms with van der Waals surface area (Å²) in [5.74, 6) is 0. The molecule has 0 bridgehead atoms. The number of thiazole rings is 1. The normalized spacial score (nSPS) is 11.1. The van der Waals surface area contributed by atoms with Crippen molar-refractivity contribution >= 4 is 33.9 Å². The van der Waals surface area contributed by atoms with Crippen LogP contribution in [0.3, 0.4) is 0 Å². The summed E-state index contributed by atoms with van der Waals surface area (Å²) < 4.78 is 2.04. The molecule has 3 aromatic heterocycles. The second-order valence-corrected chi connectivity index (χ2v) is 5.24. The molecule has 0 atom stereocenters. The Morgan fingerprint density at radius 2 is 2.25 bits per heavy atom. The fourth-order valence-corrected chi connectivity index (χ4v) is 3.28. The van der Waals surface area contributed by atoms with Crippen molar-refractivity contribution in [2.75, 3.05) is 0 Å². The van der Waals surface area contributed by atoms with E-state index in [0.29, 0.717) is 0 Å².